The molecule has 0 aliphatic rings. The lowest BCUT2D eigenvalue weighted by Gasteiger charge is -2.23. The highest BCUT2D eigenvalue weighted by molar-refractivity contribution is 7.41. The van der Waals surface area contributed by atoms with Gasteiger partial charge in [0.05, 0.1) is 13.2 Å². The maximum atomic E-state index is 13.2. The largest absolute Gasteiger partial charge is 0.412 e. The van der Waals surface area contributed by atoms with Crippen molar-refractivity contribution in [3.8, 4) is 0 Å². The number of alkyl halides is 5. The standard InChI is InChI=1S/C10H18F5O3P/c1-8(2,11)5-16-19(17-6-9(3,4)12)18-7-10(13,14)15/h5-7H2,1-4H3. The summed E-state index contributed by atoms with van der Waals surface area (Å²) in [6.45, 7) is 2.12. The van der Waals surface area contributed by atoms with E-state index in [1.807, 2.05) is 0 Å². The molecule has 0 saturated heterocycles. The monoisotopic (exact) mass is 312 g/mol. The van der Waals surface area contributed by atoms with Crippen molar-refractivity contribution in [1.29, 1.82) is 0 Å². The summed E-state index contributed by atoms with van der Waals surface area (Å²) in [6, 6.07) is 0. The lowest BCUT2D eigenvalue weighted by atomic mass is 10.2. The second-order valence-electron chi connectivity index (χ2n) is 5.10. The maximum absolute atomic E-state index is 13.2. The van der Waals surface area contributed by atoms with Gasteiger partial charge >= 0.3 is 14.8 Å². The van der Waals surface area contributed by atoms with E-state index in [0.29, 0.717) is 0 Å². The summed E-state index contributed by atoms with van der Waals surface area (Å²) in [4.78, 5) is 0. The summed E-state index contributed by atoms with van der Waals surface area (Å²) >= 11 is 0. The molecular formula is C10H18F5O3P. The third-order valence-corrected chi connectivity index (χ3v) is 2.38. The van der Waals surface area contributed by atoms with Gasteiger partial charge in [0.2, 0.25) is 0 Å². The van der Waals surface area contributed by atoms with Crippen LogP contribution in [0.3, 0.4) is 0 Å². The first-order valence-electron chi connectivity index (χ1n) is 5.42. The van der Waals surface area contributed by atoms with Crippen molar-refractivity contribution in [2.45, 2.75) is 45.2 Å². The van der Waals surface area contributed by atoms with Crippen molar-refractivity contribution in [1.82, 2.24) is 0 Å². The molecule has 0 radical (unpaired) electrons. The molecule has 116 valence electrons. The average molecular weight is 312 g/mol. The molecular weight excluding hydrogens is 294 g/mol. The van der Waals surface area contributed by atoms with Gasteiger partial charge < -0.3 is 13.6 Å². The summed E-state index contributed by atoms with van der Waals surface area (Å²) < 4.78 is 76.2. The first-order valence-corrected chi connectivity index (χ1v) is 6.51. The lowest BCUT2D eigenvalue weighted by molar-refractivity contribution is -0.156. The smallest absolute Gasteiger partial charge is 0.309 e. The topological polar surface area (TPSA) is 27.7 Å². The summed E-state index contributed by atoms with van der Waals surface area (Å²) in [5.41, 5.74) is -3.51. The van der Waals surface area contributed by atoms with Crippen LogP contribution in [0.2, 0.25) is 0 Å². The molecule has 0 spiro atoms. The molecule has 19 heavy (non-hydrogen) atoms. The molecule has 3 nitrogen and oxygen atoms in total. The van der Waals surface area contributed by atoms with E-state index in [-0.39, 0.29) is 0 Å². The number of rotatable bonds is 8. The molecule has 0 N–H and O–H groups in total. The van der Waals surface area contributed by atoms with Crippen LogP contribution in [0, 0.1) is 0 Å². The van der Waals surface area contributed by atoms with E-state index in [0.717, 1.165) is 0 Å². The van der Waals surface area contributed by atoms with E-state index >= 15 is 0 Å². The molecule has 9 heteroatoms. The molecule has 0 fully saturated rings. The molecule has 0 aromatic heterocycles. The fourth-order valence-electron chi connectivity index (χ4n) is 0.650. The molecule has 0 unspecified atom stereocenters. The van der Waals surface area contributed by atoms with Crippen LogP contribution < -0.4 is 0 Å². The Kier molecular flexibility index (Phi) is 7.09. The fraction of sp³-hybridized carbons (Fsp3) is 1.00. The molecule has 0 heterocycles. The molecule has 0 atom stereocenters. The molecule has 0 amide bonds. The van der Waals surface area contributed by atoms with Gasteiger partial charge in [0, 0.05) is 0 Å². The van der Waals surface area contributed by atoms with Crippen LogP contribution in [-0.2, 0) is 13.6 Å². The van der Waals surface area contributed by atoms with Crippen LogP contribution in [0.4, 0.5) is 22.0 Å². The molecule has 0 aromatic carbocycles. The van der Waals surface area contributed by atoms with Gasteiger partial charge in [-0.25, -0.2) is 8.78 Å². The molecule has 0 saturated carbocycles. The van der Waals surface area contributed by atoms with Gasteiger partial charge in [0.1, 0.15) is 11.3 Å². The van der Waals surface area contributed by atoms with Crippen LogP contribution in [0.15, 0.2) is 0 Å². The Morgan fingerprint density at radius 3 is 1.26 bits per heavy atom. The highest BCUT2D eigenvalue weighted by Crippen LogP contribution is 2.43. The maximum Gasteiger partial charge on any atom is 0.412 e. The SMILES string of the molecule is CC(C)(F)COP(OCC(C)(C)F)OCC(F)(F)F. The quantitative estimate of drug-likeness (QED) is 0.493. The predicted molar refractivity (Wildman–Crippen MR) is 61.2 cm³/mol. The molecule has 0 aliphatic heterocycles. The van der Waals surface area contributed by atoms with Gasteiger partial charge in [-0.2, -0.15) is 13.2 Å². The van der Waals surface area contributed by atoms with E-state index in [4.69, 9.17) is 9.05 Å². The minimum Gasteiger partial charge on any atom is -0.309 e. The van der Waals surface area contributed by atoms with Crippen molar-refractivity contribution < 1.29 is 35.5 Å². The van der Waals surface area contributed by atoms with Crippen LogP contribution in [0.1, 0.15) is 27.7 Å². The molecule has 0 rings (SSSR count). The zero-order valence-electron chi connectivity index (χ0n) is 11.2. The molecule has 0 bridgehead atoms. The second kappa shape index (κ2) is 7.11. The number of hydrogen-bond donors (Lipinski definition) is 0. The first kappa shape index (κ1) is 19.0. The van der Waals surface area contributed by atoms with Gasteiger partial charge in [-0.15, -0.1) is 0 Å². The van der Waals surface area contributed by atoms with Gasteiger partial charge in [-0.3, -0.25) is 0 Å². The van der Waals surface area contributed by atoms with E-state index < -0.39 is 45.9 Å². The third-order valence-electron chi connectivity index (χ3n) is 1.36. The van der Waals surface area contributed by atoms with Crippen LogP contribution in [0.5, 0.6) is 0 Å². The second-order valence-corrected chi connectivity index (χ2v) is 6.32. The van der Waals surface area contributed by atoms with Crippen molar-refractivity contribution in [3.05, 3.63) is 0 Å². The van der Waals surface area contributed by atoms with Crippen LogP contribution in [0.25, 0.3) is 0 Å². The summed E-state index contributed by atoms with van der Waals surface area (Å²) in [5.74, 6) is 0. The minimum absolute atomic E-state index is 0.511. The van der Waals surface area contributed by atoms with E-state index in [2.05, 4.69) is 4.52 Å². The van der Waals surface area contributed by atoms with Gasteiger partial charge in [-0.1, -0.05) is 0 Å². The fourth-order valence-corrected chi connectivity index (χ4v) is 1.95. The Hall–Kier alpha value is -0.0400. The highest BCUT2D eigenvalue weighted by atomic mass is 31.2. The Morgan fingerprint density at radius 2 is 1.00 bits per heavy atom. The van der Waals surface area contributed by atoms with Crippen LogP contribution in [-0.4, -0.2) is 37.3 Å². The Balaban J connectivity index is 4.30. The van der Waals surface area contributed by atoms with Crippen molar-refractivity contribution in [2.24, 2.45) is 0 Å². The normalized spacial score (nSPS) is 14.2. The van der Waals surface area contributed by atoms with Crippen LogP contribution >= 0.6 is 8.60 Å². The molecule has 0 aliphatic carbocycles. The zero-order valence-corrected chi connectivity index (χ0v) is 12.1. The highest BCUT2D eigenvalue weighted by Gasteiger charge is 2.32. The zero-order chi connectivity index (χ0) is 15.3. The van der Waals surface area contributed by atoms with E-state index in [1.165, 1.54) is 27.7 Å². The molecule has 0 aromatic rings. The van der Waals surface area contributed by atoms with Gasteiger partial charge in [0.15, 0.2) is 6.61 Å². The summed E-state index contributed by atoms with van der Waals surface area (Å²) in [7, 11) is -2.45. The Labute approximate surface area is 110 Å². The van der Waals surface area contributed by atoms with Crippen molar-refractivity contribution in [3.63, 3.8) is 0 Å². The predicted octanol–water partition coefficient (Wildman–Crippen LogP) is 4.32. The lowest BCUT2D eigenvalue weighted by Crippen LogP contribution is -2.23. The first-order chi connectivity index (χ1) is 8.29. The minimum atomic E-state index is -4.57. The van der Waals surface area contributed by atoms with E-state index in [9.17, 15) is 22.0 Å². The van der Waals surface area contributed by atoms with Crippen molar-refractivity contribution >= 4 is 8.60 Å². The Morgan fingerprint density at radius 1 is 0.684 bits per heavy atom. The Bertz CT molecular complexity index is 217. The number of halogens is 5. The number of hydrogen-bond acceptors (Lipinski definition) is 3. The summed E-state index contributed by atoms with van der Waals surface area (Å²) in [6.07, 6.45) is -4.57. The average Bonchev–Trinajstić information content (AvgIpc) is 2.11. The third kappa shape index (κ3) is 14.2. The van der Waals surface area contributed by atoms with Gasteiger partial charge in [-0.05, 0) is 27.7 Å². The summed E-state index contributed by atoms with van der Waals surface area (Å²) in [5, 5.41) is 0. The van der Waals surface area contributed by atoms with Gasteiger partial charge in [0.25, 0.3) is 0 Å². The van der Waals surface area contributed by atoms with Crippen molar-refractivity contribution in [2.75, 3.05) is 19.8 Å². The van der Waals surface area contributed by atoms with E-state index in [1.54, 1.807) is 0 Å².